The van der Waals surface area contributed by atoms with Gasteiger partial charge < -0.3 is 14.8 Å². The van der Waals surface area contributed by atoms with Gasteiger partial charge in [0.15, 0.2) is 0 Å². The summed E-state index contributed by atoms with van der Waals surface area (Å²) in [4.78, 5) is 18.7. The zero-order valence-electron chi connectivity index (χ0n) is 13.9. The lowest BCUT2D eigenvalue weighted by atomic mass is 10.1. The highest BCUT2D eigenvalue weighted by Crippen LogP contribution is 2.34. The molecule has 2 aromatic rings. The second-order valence-electron chi connectivity index (χ2n) is 5.25. The standard InChI is InChI=1S/C16H20N4O4/c1-11-5-6-13(9-12(11)2)24-16-14(20(21)22)15(18-10-19-16)17-7-4-8-23-3/h5-6,9-10H,4,7-8H2,1-3H3,(H,17,18,19). The molecule has 0 atom stereocenters. The zero-order valence-corrected chi connectivity index (χ0v) is 13.9. The van der Waals surface area contributed by atoms with E-state index in [1.165, 1.54) is 6.33 Å². The van der Waals surface area contributed by atoms with Gasteiger partial charge in [0, 0.05) is 20.3 Å². The van der Waals surface area contributed by atoms with Gasteiger partial charge >= 0.3 is 11.6 Å². The van der Waals surface area contributed by atoms with Gasteiger partial charge in [0.05, 0.1) is 4.92 Å². The van der Waals surface area contributed by atoms with E-state index < -0.39 is 4.92 Å². The Morgan fingerprint density at radius 1 is 1.25 bits per heavy atom. The van der Waals surface area contributed by atoms with Crippen molar-refractivity contribution >= 4 is 11.5 Å². The summed E-state index contributed by atoms with van der Waals surface area (Å²) < 4.78 is 10.6. The van der Waals surface area contributed by atoms with Crippen LogP contribution in [0.25, 0.3) is 0 Å². The molecule has 0 aliphatic heterocycles. The molecule has 0 radical (unpaired) electrons. The number of hydrogen-bond donors (Lipinski definition) is 1. The monoisotopic (exact) mass is 332 g/mol. The molecule has 0 spiro atoms. The summed E-state index contributed by atoms with van der Waals surface area (Å²) in [5.74, 6) is 0.530. The van der Waals surface area contributed by atoms with Crippen LogP contribution in [-0.4, -0.2) is 35.2 Å². The van der Waals surface area contributed by atoms with Gasteiger partial charge in [-0.3, -0.25) is 10.1 Å². The number of ether oxygens (including phenoxy) is 2. The molecule has 24 heavy (non-hydrogen) atoms. The van der Waals surface area contributed by atoms with E-state index in [0.717, 1.165) is 11.1 Å². The number of benzene rings is 1. The minimum Gasteiger partial charge on any atom is -0.434 e. The summed E-state index contributed by atoms with van der Waals surface area (Å²) in [7, 11) is 1.60. The summed E-state index contributed by atoms with van der Waals surface area (Å²) in [5, 5.41) is 14.3. The SMILES string of the molecule is COCCCNc1ncnc(Oc2ccc(C)c(C)c2)c1[N+](=O)[O-]. The molecule has 1 aromatic heterocycles. The number of rotatable bonds is 8. The van der Waals surface area contributed by atoms with Gasteiger partial charge in [0.2, 0.25) is 5.82 Å². The Bertz CT molecular complexity index is 721. The molecule has 8 heteroatoms. The molecular formula is C16H20N4O4. The molecule has 0 aliphatic carbocycles. The fraction of sp³-hybridized carbons (Fsp3) is 0.375. The van der Waals surface area contributed by atoms with Crippen molar-refractivity contribution in [1.29, 1.82) is 0 Å². The fourth-order valence-corrected chi connectivity index (χ4v) is 2.04. The second-order valence-corrected chi connectivity index (χ2v) is 5.25. The van der Waals surface area contributed by atoms with Gasteiger partial charge in [0.25, 0.3) is 0 Å². The first kappa shape index (κ1) is 17.6. The Hall–Kier alpha value is -2.74. The average molecular weight is 332 g/mol. The van der Waals surface area contributed by atoms with Crippen LogP contribution in [0.3, 0.4) is 0 Å². The normalized spacial score (nSPS) is 10.5. The highest BCUT2D eigenvalue weighted by Gasteiger charge is 2.24. The first-order valence-electron chi connectivity index (χ1n) is 7.50. The van der Waals surface area contributed by atoms with Crippen LogP contribution in [-0.2, 0) is 4.74 Å². The van der Waals surface area contributed by atoms with Crippen molar-refractivity contribution in [3.63, 3.8) is 0 Å². The van der Waals surface area contributed by atoms with Crippen LogP contribution in [0.4, 0.5) is 11.5 Å². The molecule has 0 amide bonds. The van der Waals surface area contributed by atoms with E-state index in [1.54, 1.807) is 13.2 Å². The first-order chi connectivity index (χ1) is 11.5. The van der Waals surface area contributed by atoms with Crippen molar-refractivity contribution in [2.45, 2.75) is 20.3 Å². The highest BCUT2D eigenvalue weighted by atomic mass is 16.6. The molecule has 0 fully saturated rings. The number of nitrogens with zero attached hydrogens (tertiary/aromatic N) is 3. The van der Waals surface area contributed by atoms with Gasteiger partial charge in [-0.15, -0.1) is 0 Å². The maximum atomic E-state index is 11.4. The highest BCUT2D eigenvalue weighted by molar-refractivity contribution is 5.61. The Morgan fingerprint density at radius 2 is 2.04 bits per heavy atom. The third-order valence-corrected chi connectivity index (χ3v) is 3.48. The lowest BCUT2D eigenvalue weighted by Crippen LogP contribution is -2.09. The van der Waals surface area contributed by atoms with Gasteiger partial charge in [0.1, 0.15) is 12.1 Å². The number of aryl methyl sites for hydroxylation is 2. The number of aromatic nitrogens is 2. The third-order valence-electron chi connectivity index (χ3n) is 3.48. The van der Waals surface area contributed by atoms with E-state index in [0.29, 0.717) is 25.3 Å². The number of nitro groups is 1. The van der Waals surface area contributed by atoms with Gasteiger partial charge in [-0.05, 0) is 43.5 Å². The maximum Gasteiger partial charge on any atom is 0.373 e. The van der Waals surface area contributed by atoms with Crippen molar-refractivity contribution in [3.8, 4) is 11.6 Å². The molecule has 1 heterocycles. The molecule has 0 saturated carbocycles. The lowest BCUT2D eigenvalue weighted by molar-refractivity contribution is -0.385. The largest absolute Gasteiger partial charge is 0.434 e. The first-order valence-corrected chi connectivity index (χ1v) is 7.50. The van der Waals surface area contributed by atoms with Crippen LogP contribution < -0.4 is 10.1 Å². The smallest absolute Gasteiger partial charge is 0.373 e. The van der Waals surface area contributed by atoms with E-state index in [9.17, 15) is 10.1 Å². The number of anilines is 1. The van der Waals surface area contributed by atoms with E-state index in [2.05, 4.69) is 15.3 Å². The molecule has 0 unspecified atom stereocenters. The molecule has 0 aliphatic rings. The maximum absolute atomic E-state index is 11.4. The summed E-state index contributed by atoms with van der Waals surface area (Å²) in [5.41, 5.74) is 1.86. The zero-order chi connectivity index (χ0) is 17.5. The van der Waals surface area contributed by atoms with E-state index in [-0.39, 0.29) is 17.4 Å². The third kappa shape index (κ3) is 4.39. The van der Waals surface area contributed by atoms with Crippen molar-refractivity contribution in [2.24, 2.45) is 0 Å². The fourth-order valence-electron chi connectivity index (χ4n) is 2.04. The van der Waals surface area contributed by atoms with Gasteiger partial charge in [-0.25, -0.2) is 4.98 Å². The molecule has 2 rings (SSSR count). The summed E-state index contributed by atoms with van der Waals surface area (Å²) in [6, 6.07) is 5.45. The average Bonchev–Trinajstić information content (AvgIpc) is 2.55. The Morgan fingerprint density at radius 3 is 2.71 bits per heavy atom. The van der Waals surface area contributed by atoms with E-state index >= 15 is 0 Å². The Kier molecular flexibility index (Phi) is 6.02. The Labute approximate surface area is 140 Å². The van der Waals surface area contributed by atoms with Crippen molar-refractivity contribution < 1.29 is 14.4 Å². The van der Waals surface area contributed by atoms with Gasteiger partial charge in [-0.2, -0.15) is 4.98 Å². The van der Waals surface area contributed by atoms with Crippen molar-refractivity contribution in [3.05, 3.63) is 45.8 Å². The van der Waals surface area contributed by atoms with Crippen LogP contribution in [0.15, 0.2) is 24.5 Å². The molecular weight excluding hydrogens is 312 g/mol. The quantitative estimate of drug-likeness (QED) is 0.450. The predicted octanol–water partition coefficient (Wildman–Crippen LogP) is 3.24. The second kappa shape index (κ2) is 8.21. The number of nitrogens with one attached hydrogen (secondary N) is 1. The number of hydrogen-bond acceptors (Lipinski definition) is 7. The van der Waals surface area contributed by atoms with Crippen LogP contribution in [0, 0.1) is 24.0 Å². The topological polar surface area (TPSA) is 99.4 Å². The molecule has 1 N–H and O–H groups in total. The van der Waals surface area contributed by atoms with Crippen LogP contribution in [0.1, 0.15) is 17.5 Å². The molecule has 8 nitrogen and oxygen atoms in total. The molecule has 0 bridgehead atoms. The van der Waals surface area contributed by atoms with E-state index in [1.807, 2.05) is 26.0 Å². The van der Waals surface area contributed by atoms with Crippen LogP contribution in [0.5, 0.6) is 11.6 Å². The minimum atomic E-state index is -0.547. The Balaban J connectivity index is 2.25. The summed E-state index contributed by atoms with van der Waals surface area (Å²) >= 11 is 0. The van der Waals surface area contributed by atoms with E-state index in [4.69, 9.17) is 9.47 Å². The number of methoxy groups -OCH3 is 1. The predicted molar refractivity (Wildman–Crippen MR) is 89.7 cm³/mol. The van der Waals surface area contributed by atoms with Crippen LogP contribution in [0.2, 0.25) is 0 Å². The van der Waals surface area contributed by atoms with Crippen molar-refractivity contribution in [1.82, 2.24) is 9.97 Å². The molecule has 0 saturated heterocycles. The lowest BCUT2D eigenvalue weighted by Gasteiger charge is -2.10. The van der Waals surface area contributed by atoms with Crippen LogP contribution >= 0.6 is 0 Å². The molecule has 1 aromatic carbocycles. The van der Waals surface area contributed by atoms with Crippen molar-refractivity contribution in [2.75, 3.05) is 25.6 Å². The van der Waals surface area contributed by atoms with Gasteiger partial charge in [-0.1, -0.05) is 6.07 Å². The minimum absolute atomic E-state index is 0.0903. The summed E-state index contributed by atoms with van der Waals surface area (Å²) in [6.07, 6.45) is 1.94. The summed E-state index contributed by atoms with van der Waals surface area (Å²) in [6.45, 7) is 4.97. The molecule has 128 valence electrons.